The summed E-state index contributed by atoms with van der Waals surface area (Å²) >= 11 is 6.30. The minimum Gasteiger partial charge on any atom is -0.383 e. The maximum atomic E-state index is 6.30. The minimum absolute atomic E-state index is 0.109. The first kappa shape index (κ1) is 13.9. The normalized spacial score (nSPS) is 11.8. The number of nitrogens with two attached hydrogens (primary N) is 1. The van der Waals surface area contributed by atoms with Crippen LogP contribution >= 0.6 is 11.6 Å². The summed E-state index contributed by atoms with van der Waals surface area (Å²) in [4.78, 5) is 0. The van der Waals surface area contributed by atoms with Crippen LogP contribution in [-0.2, 0) is 12.0 Å². The molecule has 2 aromatic rings. The first-order chi connectivity index (χ1) is 8.80. The molecule has 2 N–H and O–H groups in total. The van der Waals surface area contributed by atoms with Gasteiger partial charge in [0.25, 0.3) is 0 Å². The summed E-state index contributed by atoms with van der Waals surface area (Å²) in [7, 11) is 0. The molecule has 3 nitrogen and oxygen atoms in total. The van der Waals surface area contributed by atoms with Gasteiger partial charge >= 0.3 is 0 Å². The van der Waals surface area contributed by atoms with E-state index < -0.39 is 0 Å². The zero-order valence-electron chi connectivity index (χ0n) is 11.9. The molecule has 0 amide bonds. The van der Waals surface area contributed by atoms with E-state index in [-0.39, 0.29) is 5.41 Å². The lowest BCUT2D eigenvalue weighted by atomic mass is 9.92. The molecule has 0 saturated carbocycles. The number of aromatic nitrogens is 2. The van der Waals surface area contributed by atoms with E-state index in [1.807, 2.05) is 12.1 Å². The molecule has 0 atom stereocenters. The monoisotopic (exact) mass is 277 g/mol. The second kappa shape index (κ2) is 4.89. The van der Waals surface area contributed by atoms with E-state index in [0.29, 0.717) is 17.4 Å². The lowest BCUT2D eigenvalue weighted by Gasteiger charge is -2.15. The van der Waals surface area contributed by atoms with Crippen molar-refractivity contribution in [3.05, 3.63) is 46.1 Å². The molecular formula is C15H20ClN3. The molecule has 102 valence electrons. The molecule has 0 unspecified atom stereocenters. The third kappa shape index (κ3) is 2.76. The lowest BCUT2D eigenvalue weighted by Crippen LogP contribution is -2.14. The number of aryl methyl sites for hydroxylation is 1. The summed E-state index contributed by atoms with van der Waals surface area (Å²) in [5.74, 6) is 0.537. The van der Waals surface area contributed by atoms with Gasteiger partial charge in [-0.3, -0.25) is 0 Å². The van der Waals surface area contributed by atoms with E-state index in [4.69, 9.17) is 17.3 Å². The van der Waals surface area contributed by atoms with Gasteiger partial charge in [0.05, 0.1) is 12.2 Å². The molecular weight excluding hydrogens is 258 g/mol. The third-order valence-corrected chi connectivity index (χ3v) is 3.60. The number of halogens is 1. The number of nitrogens with zero attached hydrogens (tertiary/aromatic N) is 2. The summed E-state index contributed by atoms with van der Waals surface area (Å²) < 4.78 is 1.78. The van der Waals surface area contributed by atoms with Crippen LogP contribution in [0.5, 0.6) is 0 Å². The fourth-order valence-corrected chi connectivity index (χ4v) is 2.42. The van der Waals surface area contributed by atoms with E-state index >= 15 is 0 Å². The third-order valence-electron chi connectivity index (χ3n) is 3.22. The van der Waals surface area contributed by atoms with Crippen LogP contribution in [0.3, 0.4) is 0 Å². The molecule has 2 rings (SSSR count). The van der Waals surface area contributed by atoms with Gasteiger partial charge in [-0.2, -0.15) is 5.10 Å². The Hall–Kier alpha value is -1.48. The largest absolute Gasteiger partial charge is 0.383 e. The SMILES string of the molecule is Cc1ccccc1Cn1nc(C(C)(C)C)c(Cl)c1N. The van der Waals surface area contributed by atoms with Crippen molar-refractivity contribution >= 4 is 17.4 Å². The molecule has 0 radical (unpaired) electrons. The lowest BCUT2D eigenvalue weighted by molar-refractivity contribution is 0.546. The van der Waals surface area contributed by atoms with Gasteiger partial charge in [-0.25, -0.2) is 4.68 Å². The highest BCUT2D eigenvalue weighted by molar-refractivity contribution is 6.33. The molecule has 1 aromatic heterocycles. The van der Waals surface area contributed by atoms with Crippen LogP contribution < -0.4 is 5.73 Å². The van der Waals surface area contributed by atoms with E-state index in [0.717, 1.165) is 5.69 Å². The number of nitrogen functional groups attached to an aromatic ring is 1. The van der Waals surface area contributed by atoms with Crippen LogP contribution in [0.25, 0.3) is 0 Å². The average molecular weight is 278 g/mol. The zero-order valence-corrected chi connectivity index (χ0v) is 12.6. The van der Waals surface area contributed by atoms with Crippen molar-refractivity contribution in [1.82, 2.24) is 9.78 Å². The number of rotatable bonds is 2. The van der Waals surface area contributed by atoms with Gasteiger partial charge in [0.1, 0.15) is 10.8 Å². The number of hydrogen-bond donors (Lipinski definition) is 1. The first-order valence-corrected chi connectivity index (χ1v) is 6.75. The Bertz CT molecular complexity index is 594. The van der Waals surface area contributed by atoms with Crippen molar-refractivity contribution in [3.8, 4) is 0 Å². The van der Waals surface area contributed by atoms with Crippen molar-refractivity contribution in [2.45, 2.75) is 39.7 Å². The Morgan fingerprint density at radius 3 is 2.42 bits per heavy atom. The van der Waals surface area contributed by atoms with Gasteiger partial charge in [-0.15, -0.1) is 0 Å². The summed E-state index contributed by atoms with van der Waals surface area (Å²) in [6.45, 7) is 8.98. The molecule has 0 spiro atoms. The smallest absolute Gasteiger partial charge is 0.141 e. The van der Waals surface area contributed by atoms with Crippen LogP contribution in [-0.4, -0.2) is 9.78 Å². The van der Waals surface area contributed by atoms with Crippen molar-refractivity contribution in [3.63, 3.8) is 0 Å². The van der Waals surface area contributed by atoms with Crippen LogP contribution in [0.15, 0.2) is 24.3 Å². The Labute approximate surface area is 119 Å². The van der Waals surface area contributed by atoms with Gasteiger partial charge in [0.2, 0.25) is 0 Å². The Balaban J connectivity index is 2.40. The molecule has 0 aliphatic carbocycles. The van der Waals surface area contributed by atoms with Crippen LogP contribution in [0.2, 0.25) is 5.02 Å². The second-order valence-corrected chi connectivity index (χ2v) is 6.26. The highest BCUT2D eigenvalue weighted by atomic mass is 35.5. The van der Waals surface area contributed by atoms with Gasteiger partial charge < -0.3 is 5.73 Å². The average Bonchev–Trinajstić information content (AvgIpc) is 2.60. The van der Waals surface area contributed by atoms with Crippen molar-refractivity contribution in [2.24, 2.45) is 0 Å². The van der Waals surface area contributed by atoms with Gasteiger partial charge in [-0.1, -0.05) is 56.6 Å². The highest BCUT2D eigenvalue weighted by Crippen LogP contribution is 2.32. The quantitative estimate of drug-likeness (QED) is 0.908. The maximum Gasteiger partial charge on any atom is 0.141 e. The Morgan fingerprint density at radius 1 is 1.26 bits per heavy atom. The molecule has 0 fully saturated rings. The molecule has 1 heterocycles. The fraction of sp³-hybridized carbons (Fsp3) is 0.400. The second-order valence-electron chi connectivity index (χ2n) is 5.88. The predicted octanol–water partition coefficient (Wildman–Crippen LogP) is 3.77. The predicted molar refractivity (Wildman–Crippen MR) is 80.6 cm³/mol. The van der Waals surface area contributed by atoms with Gasteiger partial charge in [0, 0.05) is 5.41 Å². The summed E-state index contributed by atoms with van der Waals surface area (Å²) in [6.07, 6.45) is 0. The Kier molecular flexibility index (Phi) is 3.59. The standard InChI is InChI=1S/C15H20ClN3/c1-10-7-5-6-8-11(10)9-19-14(17)12(16)13(18-19)15(2,3)4/h5-8H,9,17H2,1-4H3. The summed E-state index contributed by atoms with van der Waals surface area (Å²) in [5.41, 5.74) is 9.24. The molecule has 0 aliphatic rings. The molecule has 0 saturated heterocycles. The van der Waals surface area contributed by atoms with E-state index in [1.54, 1.807) is 4.68 Å². The minimum atomic E-state index is -0.109. The fourth-order valence-electron chi connectivity index (χ4n) is 2.00. The van der Waals surface area contributed by atoms with Crippen LogP contribution in [0.1, 0.15) is 37.6 Å². The van der Waals surface area contributed by atoms with Crippen molar-refractivity contribution in [2.75, 3.05) is 5.73 Å². The van der Waals surface area contributed by atoms with Crippen molar-refractivity contribution in [1.29, 1.82) is 0 Å². The molecule has 1 aromatic carbocycles. The molecule has 19 heavy (non-hydrogen) atoms. The van der Waals surface area contributed by atoms with Crippen molar-refractivity contribution < 1.29 is 0 Å². The van der Waals surface area contributed by atoms with Gasteiger partial charge in [0.15, 0.2) is 0 Å². The van der Waals surface area contributed by atoms with Crippen LogP contribution in [0, 0.1) is 6.92 Å². The Morgan fingerprint density at radius 2 is 1.89 bits per heavy atom. The number of hydrogen-bond acceptors (Lipinski definition) is 2. The zero-order chi connectivity index (χ0) is 14.2. The molecule has 4 heteroatoms. The maximum absolute atomic E-state index is 6.30. The molecule has 0 bridgehead atoms. The van der Waals surface area contributed by atoms with E-state index in [9.17, 15) is 0 Å². The van der Waals surface area contributed by atoms with Crippen LogP contribution in [0.4, 0.5) is 5.82 Å². The highest BCUT2D eigenvalue weighted by Gasteiger charge is 2.24. The van der Waals surface area contributed by atoms with Gasteiger partial charge in [-0.05, 0) is 18.1 Å². The van der Waals surface area contributed by atoms with E-state index in [1.165, 1.54) is 11.1 Å². The number of benzene rings is 1. The van der Waals surface area contributed by atoms with E-state index in [2.05, 4.69) is 44.9 Å². The summed E-state index contributed by atoms with van der Waals surface area (Å²) in [6, 6.07) is 8.22. The molecule has 0 aliphatic heterocycles. The topological polar surface area (TPSA) is 43.8 Å². The number of anilines is 1. The summed E-state index contributed by atoms with van der Waals surface area (Å²) in [5, 5.41) is 5.15. The first-order valence-electron chi connectivity index (χ1n) is 6.37.